The molecule has 0 radical (unpaired) electrons. The summed E-state index contributed by atoms with van der Waals surface area (Å²) in [4.78, 5) is 17.4. The van der Waals surface area contributed by atoms with Gasteiger partial charge in [-0.05, 0) is 51.5 Å². The number of nitrogens with one attached hydrogen (secondary N) is 1. The summed E-state index contributed by atoms with van der Waals surface area (Å²) in [5, 5.41) is 8.83. The van der Waals surface area contributed by atoms with Crippen molar-refractivity contribution >= 4 is 28.5 Å². The Bertz CT molecular complexity index is 932. The highest BCUT2D eigenvalue weighted by Gasteiger charge is 2.18. The molecule has 2 aromatic heterocycles. The number of halogens is 1. The monoisotopic (exact) mass is 356 g/mol. The van der Waals surface area contributed by atoms with Crippen molar-refractivity contribution in [2.75, 3.05) is 0 Å². The summed E-state index contributed by atoms with van der Waals surface area (Å²) in [6.45, 7) is 7.90. The van der Waals surface area contributed by atoms with Crippen molar-refractivity contribution < 1.29 is 4.79 Å². The Kier molecular flexibility index (Phi) is 4.77. The number of fused-ring (bicyclic) bond motifs is 1. The minimum atomic E-state index is -0.158. The van der Waals surface area contributed by atoms with Gasteiger partial charge in [0.05, 0.1) is 23.2 Å². The van der Waals surface area contributed by atoms with Gasteiger partial charge in [0, 0.05) is 16.8 Å². The molecular weight excluding hydrogens is 336 g/mol. The minimum absolute atomic E-state index is 0.147. The molecule has 0 saturated carbocycles. The Balaban J connectivity index is 1.94. The first-order valence-electron chi connectivity index (χ1n) is 8.28. The van der Waals surface area contributed by atoms with Crippen LogP contribution in [0.15, 0.2) is 36.5 Å². The normalized spacial score (nSPS) is 12.6. The molecule has 25 heavy (non-hydrogen) atoms. The van der Waals surface area contributed by atoms with E-state index in [1.165, 1.54) is 0 Å². The average Bonchev–Trinajstić information content (AvgIpc) is 2.97. The number of benzene rings is 1. The van der Waals surface area contributed by atoms with Crippen LogP contribution in [0.5, 0.6) is 0 Å². The van der Waals surface area contributed by atoms with E-state index in [1.54, 1.807) is 12.3 Å². The number of carbonyl (C=O) groups excluding carboxylic acids is 1. The van der Waals surface area contributed by atoms with Crippen LogP contribution in [0.4, 0.5) is 0 Å². The van der Waals surface area contributed by atoms with Gasteiger partial charge in [0.25, 0.3) is 5.91 Å². The van der Waals surface area contributed by atoms with Gasteiger partial charge in [0.2, 0.25) is 0 Å². The zero-order valence-corrected chi connectivity index (χ0v) is 15.5. The SMILES string of the molecule is Cc1cc(C(=O)N[C@@H](C)c2cccc(Cl)c2)c2cnn(C(C)C)c2n1. The van der Waals surface area contributed by atoms with Crippen LogP contribution in [0.2, 0.25) is 5.02 Å². The summed E-state index contributed by atoms with van der Waals surface area (Å²) in [6.07, 6.45) is 1.71. The number of aromatic nitrogens is 3. The fourth-order valence-electron chi connectivity index (χ4n) is 2.84. The maximum absolute atomic E-state index is 12.8. The van der Waals surface area contributed by atoms with E-state index in [1.807, 2.05) is 56.6 Å². The predicted octanol–water partition coefficient (Wildman–Crippen LogP) is 4.47. The Morgan fingerprint density at radius 3 is 2.68 bits per heavy atom. The maximum atomic E-state index is 12.8. The first-order chi connectivity index (χ1) is 11.9. The van der Waals surface area contributed by atoms with Gasteiger partial charge in [-0.15, -0.1) is 0 Å². The second-order valence-corrected chi connectivity index (χ2v) is 6.92. The summed E-state index contributed by atoms with van der Waals surface area (Å²) in [5.41, 5.74) is 3.06. The van der Waals surface area contributed by atoms with Gasteiger partial charge in [-0.25, -0.2) is 9.67 Å². The number of hydrogen-bond donors (Lipinski definition) is 1. The summed E-state index contributed by atoms with van der Waals surface area (Å²) in [6, 6.07) is 9.31. The van der Waals surface area contributed by atoms with Crippen LogP contribution in [0.3, 0.4) is 0 Å². The minimum Gasteiger partial charge on any atom is -0.345 e. The van der Waals surface area contributed by atoms with Crippen LogP contribution in [0, 0.1) is 6.92 Å². The molecule has 5 nitrogen and oxygen atoms in total. The number of aryl methyl sites for hydroxylation is 1. The Labute approximate surface area is 152 Å². The van der Waals surface area contributed by atoms with Crippen molar-refractivity contribution in [3.8, 4) is 0 Å². The molecule has 0 unspecified atom stereocenters. The van der Waals surface area contributed by atoms with Gasteiger partial charge in [-0.3, -0.25) is 4.79 Å². The summed E-state index contributed by atoms with van der Waals surface area (Å²) in [5.74, 6) is -0.147. The van der Waals surface area contributed by atoms with Crippen LogP contribution >= 0.6 is 11.6 Å². The molecule has 1 atom stereocenters. The highest BCUT2D eigenvalue weighted by Crippen LogP contribution is 2.23. The van der Waals surface area contributed by atoms with Crippen molar-refractivity contribution in [2.24, 2.45) is 0 Å². The molecule has 1 N–H and O–H groups in total. The molecule has 0 aliphatic heterocycles. The molecule has 3 aromatic rings. The van der Waals surface area contributed by atoms with E-state index >= 15 is 0 Å². The fraction of sp³-hybridized carbons (Fsp3) is 0.316. The van der Waals surface area contributed by atoms with Crippen molar-refractivity contribution in [3.05, 3.63) is 58.4 Å². The third kappa shape index (κ3) is 3.51. The summed E-state index contributed by atoms with van der Waals surface area (Å²) in [7, 11) is 0. The standard InChI is InChI=1S/C19H21ClN4O/c1-11(2)24-18-17(10-21-24)16(8-12(3)22-18)19(25)23-13(4)14-6-5-7-15(20)9-14/h5-11,13H,1-4H3,(H,23,25)/t13-/m0/s1. The van der Waals surface area contributed by atoms with E-state index in [-0.39, 0.29) is 18.0 Å². The highest BCUT2D eigenvalue weighted by atomic mass is 35.5. The van der Waals surface area contributed by atoms with Crippen LogP contribution in [0.1, 0.15) is 54.5 Å². The molecule has 0 aliphatic carbocycles. The number of rotatable bonds is 4. The largest absolute Gasteiger partial charge is 0.345 e. The van der Waals surface area contributed by atoms with Gasteiger partial charge in [-0.2, -0.15) is 5.10 Å². The number of pyridine rings is 1. The molecule has 0 aliphatic rings. The second-order valence-electron chi connectivity index (χ2n) is 6.48. The highest BCUT2D eigenvalue weighted by molar-refractivity contribution is 6.30. The van der Waals surface area contributed by atoms with Crippen molar-refractivity contribution in [3.63, 3.8) is 0 Å². The summed E-state index contributed by atoms with van der Waals surface area (Å²) >= 11 is 6.04. The molecule has 6 heteroatoms. The van der Waals surface area contributed by atoms with Crippen LogP contribution < -0.4 is 5.32 Å². The third-order valence-corrected chi connectivity index (χ3v) is 4.36. The Hall–Kier alpha value is -2.40. The third-order valence-electron chi connectivity index (χ3n) is 4.12. The van der Waals surface area contributed by atoms with E-state index in [9.17, 15) is 4.79 Å². The smallest absolute Gasteiger partial charge is 0.252 e. The molecule has 1 aromatic carbocycles. The van der Waals surface area contributed by atoms with Gasteiger partial charge in [0.1, 0.15) is 0 Å². The first kappa shape index (κ1) is 17.4. The van der Waals surface area contributed by atoms with E-state index in [0.29, 0.717) is 10.6 Å². The lowest BCUT2D eigenvalue weighted by Gasteiger charge is -2.15. The van der Waals surface area contributed by atoms with Crippen LogP contribution in [-0.2, 0) is 0 Å². The number of hydrogen-bond acceptors (Lipinski definition) is 3. The topological polar surface area (TPSA) is 59.8 Å². The molecule has 0 spiro atoms. The Morgan fingerprint density at radius 2 is 2.00 bits per heavy atom. The van der Waals surface area contributed by atoms with E-state index in [2.05, 4.69) is 15.4 Å². The van der Waals surface area contributed by atoms with Crippen LogP contribution in [0.25, 0.3) is 11.0 Å². The van der Waals surface area contributed by atoms with E-state index < -0.39 is 0 Å². The molecule has 3 rings (SSSR count). The van der Waals surface area contributed by atoms with E-state index in [0.717, 1.165) is 22.3 Å². The quantitative estimate of drug-likeness (QED) is 0.750. The first-order valence-corrected chi connectivity index (χ1v) is 8.66. The van der Waals surface area contributed by atoms with E-state index in [4.69, 9.17) is 11.6 Å². The lowest BCUT2D eigenvalue weighted by molar-refractivity contribution is 0.0941. The number of nitrogens with zero attached hydrogens (tertiary/aromatic N) is 3. The van der Waals surface area contributed by atoms with Crippen molar-refractivity contribution in [1.29, 1.82) is 0 Å². The molecule has 130 valence electrons. The van der Waals surface area contributed by atoms with Gasteiger partial charge < -0.3 is 5.32 Å². The summed E-state index contributed by atoms with van der Waals surface area (Å²) < 4.78 is 1.83. The van der Waals surface area contributed by atoms with Gasteiger partial charge in [0.15, 0.2) is 5.65 Å². The zero-order chi connectivity index (χ0) is 18.1. The molecule has 1 amide bonds. The fourth-order valence-corrected chi connectivity index (χ4v) is 3.04. The lowest BCUT2D eigenvalue weighted by Crippen LogP contribution is -2.27. The average molecular weight is 357 g/mol. The second kappa shape index (κ2) is 6.84. The van der Waals surface area contributed by atoms with Crippen LogP contribution in [-0.4, -0.2) is 20.7 Å². The van der Waals surface area contributed by atoms with Crippen molar-refractivity contribution in [2.45, 2.75) is 39.8 Å². The lowest BCUT2D eigenvalue weighted by atomic mass is 10.1. The Morgan fingerprint density at radius 1 is 1.24 bits per heavy atom. The molecule has 0 fully saturated rings. The molecule has 0 bridgehead atoms. The predicted molar refractivity (Wildman–Crippen MR) is 100.0 cm³/mol. The van der Waals surface area contributed by atoms with Gasteiger partial charge in [-0.1, -0.05) is 23.7 Å². The molecule has 0 saturated heterocycles. The zero-order valence-electron chi connectivity index (χ0n) is 14.7. The maximum Gasteiger partial charge on any atom is 0.252 e. The molecule has 2 heterocycles. The molecular formula is C19H21ClN4O. The number of amides is 1. The van der Waals surface area contributed by atoms with Crippen molar-refractivity contribution in [1.82, 2.24) is 20.1 Å². The number of carbonyl (C=O) groups is 1. The van der Waals surface area contributed by atoms with Gasteiger partial charge >= 0.3 is 0 Å².